The van der Waals surface area contributed by atoms with Crippen molar-refractivity contribution in [1.82, 2.24) is 5.48 Å². The lowest BCUT2D eigenvalue weighted by Gasteiger charge is -2.21. The summed E-state index contributed by atoms with van der Waals surface area (Å²) >= 11 is 0. The first-order valence-electron chi connectivity index (χ1n) is 5.99. The Morgan fingerprint density at radius 1 is 1.22 bits per heavy atom. The van der Waals surface area contributed by atoms with E-state index < -0.39 is 11.7 Å². The molecule has 1 atom stereocenters. The van der Waals surface area contributed by atoms with Crippen LogP contribution in [-0.4, -0.2) is 17.6 Å². The average molecular weight is 251 g/mol. The summed E-state index contributed by atoms with van der Waals surface area (Å²) in [4.78, 5) is 16.9. The summed E-state index contributed by atoms with van der Waals surface area (Å²) in [6, 6.07) is 7.55. The molecule has 4 nitrogen and oxygen atoms in total. The van der Waals surface area contributed by atoms with E-state index in [9.17, 15) is 4.79 Å². The largest absolute Gasteiger partial charge is 0.481 e. The van der Waals surface area contributed by atoms with Crippen LogP contribution >= 0.6 is 0 Å². The predicted molar refractivity (Wildman–Crippen MR) is 70.2 cm³/mol. The molecule has 1 rings (SSSR count). The molecule has 18 heavy (non-hydrogen) atoms. The van der Waals surface area contributed by atoms with Gasteiger partial charge in [0.25, 0.3) is 5.91 Å². The third-order valence-electron chi connectivity index (χ3n) is 2.16. The summed E-state index contributed by atoms with van der Waals surface area (Å²) in [7, 11) is 0. The molecule has 0 aliphatic carbocycles. The number of benzene rings is 1. The van der Waals surface area contributed by atoms with Crippen LogP contribution in [-0.2, 0) is 9.63 Å². The number of carbonyl (C=O) groups excluding carboxylic acids is 1. The highest BCUT2D eigenvalue weighted by molar-refractivity contribution is 5.79. The molecule has 1 aromatic carbocycles. The van der Waals surface area contributed by atoms with Crippen LogP contribution in [0.25, 0.3) is 0 Å². The molecule has 0 aromatic heterocycles. The first-order chi connectivity index (χ1) is 8.28. The van der Waals surface area contributed by atoms with Gasteiger partial charge in [-0.25, -0.2) is 5.48 Å². The van der Waals surface area contributed by atoms with E-state index >= 15 is 0 Å². The van der Waals surface area contributed by atoms with Crippen LogP contribution in [0.5, 0.6) is 5.75 Å². The summed E-state index contributed by atoms with van der Waals surface area (Å²) in [6.45, 7) is 9.26. The highest BCUT2D eigenvalue weighted by atomic mass is 16.7. The molecule has 0 fully saturated rings. The fourth-order valence-electron chi connectivity index (χ4n) is 1.16. The van der Waals surface area contributed by atoms with Crippen molar-refractivity contribution in [3.05, 3.63) is 29.8 Å². The molecule has 1 N–H and O–H groups in total. The second-order valence-corrected chi connectivity index (χ2v) is 5.25. The Balaban J connectivity index is 2.47. The third-order valence-corrected chi connectivity index (χ3v) is 2.16. The SMILES string of the molecule is Cc1ccc(OC(C)C(=O)NOC(C)(C)C)cc1. The molecule has 1 amide bonds. The molecule has 0 bridgehead atoms. The van der Waals surface area contributed by atoms with Crippen LogP contribution in [0, 0.1) is 6.92 Å². The minimum atomic E-state index is -0.602. The van der Waals surface area contributed by atoms with E-state index in [0.29, 0.717) is 5.75 Å². The summed E-state index contributed by atoms with van der Waals surface area (Å²) < 4.78 is 5.50. The van der Waals surface area contributed by atoms with Crippen molar-refractivity contribution in [1.29, 1.82) is 0 Å². The lowest BCUT2D eigenvalue weighted by atomic mass is 10.2. The maximum absolute atomic E-state index is 11.7. The first-order valence-corrected chi connectivity index (χ1v) is 5.99. The molecule has 0 aliphatic rings. The molecule has 0 aliphatic heterocycles. The summed E-state index contributed by atoms with van der Waals surface area (Å²) in [5.74, 6) is 0.365. The average Bonchev–Trinajstić information content (AvgIpc) is 2.28. The highest BCUT2D eigenvalue weighted by Crippen LogP contribution is 2.13. The van der Waals surface area contributed by atoms with Crippen molar-refractivity contribution in [2.45, 2.75) is 46.3 Å². The minimum Gasteiger partial charge on any atom is -0.481 e. The minimum absolute atomic E-state index is 0.300. The number of hydrogen-bond donors (Lipinski definition) is 1. The monoisotopic (exact) mass is 251 g/mol. The van der Waals surface area contributed by atoms with Crippen LogP contribution in [0.3, 0.4) is 0 Å². The van der Waals surface area contributed by atoms with Crippen molar-refractivity contribution < 1.29 is 14.4 Å². The van der Waals surface area contributed by atoms with E-state index in [1.807, 2.05) is 52.0 Å². The van der Waals surface area contributed by atoms with Crippen molar-refractivity contribution in [3.63, 3.8) is 0 Å². The molecule has 4 heteroatoms. The van der Waals surface area contributed by atoms with Gasteiger partial charge >= 0.3 is 0 Å². The van der Waals surface area contributed by atoms with Crippen LogP contribution in [0.1, 0.15) is 33.3 Å². The maximum atomic E-state index is 11.7. The van der Waals surface area contributed by atoms with Crippen LogP contribution in [0.4, 0.5) is 0 Å². The molecule has 0 heterocycles. The zero-order chi connectivity index (χ0) is 13.8. The lowest BCUT2D eigenvalue weighted by Crippen LogP contribution is -2.40. The predicted octanol–water partition coefficient (Wildman–Crippen LogP) is 2.61. The fourth-order valence-corrected chi connectivity index (χ4v) is 1.16. The number of rotatable bonds is 4. The van der Waals surface area contributed by atoms with Crippen molar-refractivity contribution in [3.8, 4) is 5.75 Å². The molecular formula is C14H21NO3. The fraction of sp³-hybridized carbons (Fsp3) is 0.500. The van der Waals surface area contributed by atoms with Gasteiger partial charge in [0.1, 0.15) is 5.75 Å². The molecule has 100 valence electrons. The topological polar surface area (TPSA) is 47.6 Å². The van der Waals surface area contributed by atoms with Crippen molar-refractivity contribution in [2.75, 3.05) is 0 Å². The Morgan fingerprint density at radius 2 is 1.78 bits per heavy atom. The molecule has 0 spiro atoms. The number of ether oxygens (including phenoxy) is 1. The smallest absolute Gasteiger partial charge is 0.284 e. The number of carbonyl (C=O) groups is 1. The van der Waals surface area contributed by atoms with Crippen molar-refractivity contribution >= 4 is 5.91 Å². The van der Waals surface area contributed by atoms with E-state index in [4.69, 9.17) is 9.57 Å². The van der Waals surface area contributed by atoms with Gasteiger partial charge in [-0.15, -0.1) is 0 Å². The van der Waals surface area contributed by atoms with Gasteiger partial charge in [-0.05, 0) is 46.8 Å². The molecule has 0 saturated carbocycles. The van der Waals surface area contributed by atoms with Crippen molar-refractivity contribution in [2.24, 2.45) is 0 Å². The Labute approximate surface area is 108 Å². The van der Waals surface area contributed by atoms with E-state index in [2.05, 4.69) is 5.48 Å². The highest BCUT2D eigenvalue weighted by Gasteiger charge is 2.18. The van der Waals surface area contributed by atoms with Gasteiger partial charge in [0.2, 0.25) is 0 Å². The molecule has 0 saturated heterocycles. The van der Waals surface area contributed by atoms with E-state index in [0.717, 1.165) is 5.56 Å². The Morgan fingerprint density at radius 3 is 2.28 bits per heavy atom. The Bertz CT molecular complexity index is 392. The number of nitrogens with one attached hydrogen (secondary N) is 1. The zero-order valence-electron chi connectivity index (χ0n) is 11.6. The van der Waals surface area contributed by atoms with E-state index in [-0.39, 0.29) is 5.91 Å². The summed E-state index contributed by atoms with van der Waals surface area (Å²) in [6.07, 6.45) is -0.602. The molecular weight excluding hydrogens is 230 g/mol. The maximum Gasteiger partial charge on any atom is 0.284 e. The lowest BCUT2D eigenvalue weighted by molar-refractivity contribution is -0.151. The zero-order valence-corrected chi connectivity index (χ0v) is 11.6. The van der Waals surface area contributed by atoms with Gasteiger partial charge in [-0.3, -0.25) is 9.63 Å². The van der Waals surface area contributed by atoms with Crippen LogP contribution in [0.2, 0.25) is 0 Å². The summed E-state index contributed by atoms with van der Waals surface area (Å²) in [5.41, 5.74) is 3.12. The van der Waals surface area contributed by atoms with Crippen LogP contribution in [0.15, 0.2) is 24.3 Å². The molecule has 1 aromatic rings. The second-order valence-electron chi connectivity index (χ2n) is 5.25. The number of hydrogen-bond acceptors (Lipinski definition) is 3. The summed E-state index contributed by atoms with van der Waals surface area (Å²) in [5, 5.41) is 0. The van der Waals surface area contributed by atoms with Gasteiger partial charge in [0, 0.05) is 0 Å². The van der Waals surface area contributed by atoms with E-state index in [1.165, 1.54) is 0 Å². The second kappa shape index (κ2) is 5.87. The normalized spacial score (nSPS) is 12.9. The molecule has 1 unspecified atom stereocenters. The van der Waals surface area contributed by atoms with Gasteiger partial charge in [-0.2, -0.15) is 0 Å². The van der Waals surface area contributed by atoms with Gasteiger partial charge in [0.05, 0.1) is 5.60 Å². The Hall–Kier alpha value is -1.55. The Kier molecular flexibility index (Phi) is 4.73. The van der Waals surface area contributed by atoms with Gasteiger partial charge in [0.15, 0.2) is 6.10 Å². The van der Waals surface area contributed by atoms with Gasteiger partial charge < -0.3 is 4.74 Å². The molecule has 0 radical (unpaired) electrons. The quantitative estimate of drug-likeness (QED) is 0.837. The first kappa shape index (κ1) is 14.5. The standard InChI is InChI=1S/C14H21NO3/c1-10-6-8-12(9-7-10)17-11(2)13(16)15-18-14(3,4)5/h6-9,11H,1-5H3,(H,15,16). The van der Waals surface area contributed by atoms with Crippen LogP contribution < -0.4 is 10.2 Å². The van der Waals surface area contributed by atoms with E-state index in [1.54, 1.807) is 6.92 Å². The number of amides is 1. The number of hydroxylamine groups is 1. The number of aryl methyl sites for hydroxylation is 1. The van der Waals surface area contributed by atoms with Gasteiger partial charge in [-0.1, -0.05) is 17.7 Å². The third kappa shape index (κ3) is 5.19.